The van der Waals surface area contributed by atoms with E-state index in [1.165, 1.54) is 27.7 Å². The minimum Gasteiger partial charge on any atom is -0.203 e. The summed E-state index contributed by atoms with van der Waals surface area (Å²) in [6.07, 6.45) is 0. The van der Waals surface area contributed by atoms with Gasteiger partial charge in [-0.05, 0) is 27.7 Å². The number of hydrogen-bond donors (Lipinski definition) is 0. The summed E-state index contributed by atoms with van der Waals surface area (Å²) in [4.78, 5) is 0. The molecule has 1 fully saturated rings. The van der Waals surface area contributed by atoms with Gasteiger partial charge < -0.3 is 0 Å². The lowest BCUT2D eigenvalue weighted by Crippen LogP contribution is -2.57. The van der Waals surface area contributed by atoms with Crippen LogP contribution in [-0.4, -0.2) is 38.6 Å². The van der Waals surface area contributed by atoms with Gasteiger partial charge in [0.25, 0.3) is 0 Å². The van der Waals surface area contributed by atoms with E-state index in [1.54, 1.807) is 0 Å². The molecule has 0 aromatic carbocycles. The van der Waals surface area contributed by atoms with Crippen LogP contribution >= 0.6 is 34.2 Å². The summed E-state index contributed by atoms with van der Waals surface area (Å²) < 4.78 is 61.8. The number of alkyl halides is 5. The molecule has 0 spiro atoms. The third kappa shape index (κ3) is 2.16. The first-order chi connectivity index (χ1) is 7.68. The van der Waals surface area contributed by atoms with Gasteiger partial charge in [-0.2, -0.15) is 17.5 Å². The van der Waals surface area contributed by atoms with Crippen molar-refractivity contribution >= 4 is 44.2 Å². The molecule has 0 aliphatic carbocycles. The normalized spacial score (nSPS) is 32.7. The third-order valence-electron chi connectivity index (χ3n) is 3.19. The molecule has 108 valence electrons. The number of hydrogen-bond acceptors (Lipinski definition) is 2. The minimum absolute atomic E-state index is 0.427. The van der Waals surface area contributed by atoms with Crippen molar-refractivity contribution in [3.63, 3.8) is 0 Å². The summed E-state index contributed by atoms with van der Waals surface area (Å²) in [5.41, 5.74) is -7.82. The predicted octanol–water partition coefficient (Wildman–Crippen LogP) is 3.12. The Hall–Kier alpha value is 0.720. The molecule has 1 aliphatic rings. The van der Waals surface area contributed by atoms with Gasteiger partial charge in [0, 0.05) is 15.0 Å². The summed E-state index contributed by atoms with van der Waals surface area (Å²) in [5.74, 6) is 0. The zero-order valence-electron chi connectivity index (χ0n) is 10.2. The van der Waals surface area contributed by atoms with Crippen molar-refractivity contribution in [1.29, 1.82) is 0 Å². The van der Waals surface area contributed by atoms with Gasteiger partial charge >= 0.3 is 15.5 Å². The Balaban J connectivity index is 3.49. The fourth-order valence-electron chi connectivity index (χ4n) is 2.41. The van der Waals surface area contributed by atoms with Gasteiger partial charge in [-0.1, -0.05) is 22.6 Å². The molecule has 1 heterocycles. The maximum Gasteiger partial charge on any atom is 0.511 e. The van der Waals surface area contributed by atoms with E-state index >= 15 is 0 Å². The summed E-state index contributed by atoms with van der Waals surface area (Å²) in [5, 5.41) is -0.703. The highest BCUT2D eigenvalue weighted by molar-refractivity contribution is 14.1. The highest BCUT2D eigenvalue weighted by Gasteiger charge is 2.66. The Morgan fingerprint density at radius 3 is 1.78 bits per heavy atom. The van der Waals surface area contributed by atoms with Crippen molar-refractivity contribution in [3.8, 4) is 0 Å². The summed E-state index contributed by atoms with van der Waals surface area (Å²) >= 11 is 8.01. The number of halogens is 5. The third-order valence-corrected chi connectivity index (χ3v) is 8.65. The fraction of sp³-hybridized carbons (Fsp3) is 1.00. The van der Waals surface area contributed by atoms with E-state index < -0.39 is 35.9 Å². The number of nitrogens with zero attached hydrogens (tertiary/aromatic N) is 1. The van der Waals surface area contributed by atoms with Crippen LogP contribution in [0.3, 0.4) is 0 Å². The predicted molar refractivity (Wildman–Crippen MR) is 72.4 cm³/mol. The van der Waals surface area contributed by atoms with E-state index in [4.69, 9.17) is 11.6 Å². The molecule has 1 aliphatic heterocycles. The van der Waals surface area contributed by atoms with E-state index in [2.05, 4.69) is 0 Å². The Kier molecular flexibility index (Phi) is 4.06. The van der Waals surface area contributed by atoms with Crippen molar-refractivity contribution in [3.05, 3.63) is 0 Å². The minimum atomic E-state index is -5.41. The zero-order chi connectivity index (χ0) is 14.7. The summed E-state index contributed by atoms with van der Waals surface area (Å²) in [6, 6.07) is 0. The van der Waals surface area contributed by atoms with E-state index in [9.17, 15) is 21.6 Å². The van der Waals surface area contributed by atoms with Gasteiger partial charge in [-0.3, -0.25) is 0 Å². The van der Waals surface area contributed by atoms with Crippen LogP contribution in [0.5, 0.6) is 0 Å². The average Bonchev–Trinajstić information content (AvgIpc) is 2.22. The SMILES string of the molecule is CC1(C)C(Cl)C(I)C(C)(C)N1S(=O)(=O)C(F)(F)F. The molecule has 0 saturated carbocycles. The van der Waals surface area contributed by atoms with Gasteiger partial charge in [0.05, 0.1) is 5.38 Å². The maximum atomic E-state index is 12.8. The molecule has 2 atom stereocenters. The Morgan fingerprint density at radius 2 is 1.56 bits per heavy atom. The first-order valence-corrected chi connectivity index (χ1v) is 8.20. The summed E-state index contributed by atoms with van der Waals surface area (Å²) in [7, 11) is -5.41. The van der Waals surface area contributed by atoms with Crippen LogP contribution in [0.15, 0.2) is 0 Å². The molecule has 1 saturated heterocycles. The van der Waals surface area contributed by atoms with Gasteiger partial charge in [0.2, 0.25) is 0 Å². The largest absolute Gasteiger partial charge is 0.511 e. The quantitative estimate of drug-likeness (QED) is 0.484. The fourth-order valence-corrected chi connectivity index (χ4v) is 5.89. The van der Waals surface area contributed by atoms with Crippen LogP contribution in [0.4, 0.5) is 13.2 Å². The molecule has 0 amide bonds. The van der Waals surface area contributed by atoms with Crippen LogP contribution in [0, 0.1) is 0 Å². The van der Waals surface area contributed by atoms with Crippen molar-refractivity contribution in [2.45, 2.75) is 53.6 Å². The smallest absolute Gasteiger partial charge is 0.203 e. The van der Waals surface area contributed by atoms with Gasteiger partial charge in [0.1, 0.15) is 0 Å². The summed E-state index contributed by atoms with van der Waals surface area (Å²) in [6.45, 7) is 5.73. The van der Waals surface area contributed by atoms with Gasteiger partial charge in [0.15, 0.2) is 0 Å². The van der Waals surface area contributed by atoms with Crippen LogP contribution < -0.4 is 0 Å². The Bertz CT molecular complexity index is 429. The van der Waals surface area contributed by atoms with Crippen molar-refractivity contribution in [2.24, 2.45) is 0 Å². The van der Waals surface area contributed by atoms with Crippen LogP contribution in [0.1, 0.15) is 27.7 Å². The maximum absolute atomic E-state index is 12.8. The first kappa shape index (κ1) is 16.8. The first-order valence-electron chi connectivity index (χ1n) is 5.08. The Labute approximate surface area is 123 Å². The highest BCUT2D eigenvalue weighted by Crippen LogP contribution is 2.51. The lowest BCUT2D eigenvalue weighted by Gasteiger charge is -2.39. The van der Waals surface area contributed by atoms with Crippen molar-refractivity contribution in [1.82, 2.24) is 4.31 Å². The van der Waals surface area contributed by atoms with Gasteiger partial charge in [-0.25, -0.2) is 8.42 Å². The standard InChI is InChI=1S/C9H14ClF3INO2S/c1-7(2)5(10)6(14)8(3,4)15(7)18(16,17)9(11,12)13/h5-6H,1-4H3. The second-order valence-corrected chi connectivity index (χ2v) is 8.92. The molecule has 0 radical (unpaired) electrons. The molecule has 2 unspecified atom stereocenters. The molecule has 18 heavy (non-hydrogen) atoms. The molecular weight excluding hydrogens is 406 g/mol. The molecule has 3 nitrogen and oxygen atoms in total. The molecule has 0 aromatic heterocycles. The monoisotopic (exact) mass is 419 g/mol. The van der Waals surface area contributed by atoms with Crippen molar-refractivity contribution < 1.29 is 21.6 Å². The lowest BCUT2D eigenvalue weighted by atomic mass is 10.0. The molecule has 0 bridgehead atoms. The van der Waals surface area contributed by atoms with E-state index in [-0.39, 0.29) is 0 Å². The van der Waals surface area contributed by atoms with E-state index in [0.29, 0.717) is 4.31 Å². The Morgan fingerprint density at radius 1 is 1.17 bits per heavy atom. The molecular formula is C9H14ClF3INO2S. The lowest BCUT2D eigenvalue weighted by molar-refractivity contribution is -0.0536. The number of rotatable bonds is 1. The van der Waals surface area contributed by atoms with E-state index in [0.717, 1.165) is 0 Å². The number of sulfonamides is 1. The van der Waals surface area contributed by atoms with Crippen LogP contribution in [0.25, 0.3) is 0 Å². The highest BCUT2D eigenvalue weighted by atomic mass is 127. The molecule has 1 rings (SSSR count). The molecule has 0 N–H and O–H groups in total. The second-order valence-electron chi connectivity index (χ2n) is 5.33. The topological polar surface area (TPSA) is 37.4 Å². The molecule has 9 heteroatoms. The van der Waals surface area contributed by atoms with Gasteiger partial charge in [-0.15, -0.1) is 11.6 Å². The van der Waals surface area contributed by atoms with Crippen LogP contribution in [-0.2, 0) is 10.0 Å². The van der Waals surface area contributed by atoms with Crippen molar-refractivity contribution in [2.75, 3.05) is 0 Å². The average molecular weight is 420 g/mol. The molecule has 0 aromatic rings. The van der Waals surface area contributed by atoms with Crippen LogP contribution in [0.2, 0.25) is 0 Å². The van der Waals surface area contributed by atoms with E-state index in [1.807, 2.05) is 22.6 Å². The second kappa shape index (κ2) is 4.36. The zero-order valence-corrected chi connectivity index (χ0v) is 13.9.